The number of benzene rings is 1. The lowest BCUT2D eigenvalue weighted by Gasteiger charge is -2.19. The molecule has 8 heteroatoms. The molecule has 3 rings (SSSR count). The molecule has 8 nitrogen and oxygen atoms in total. The van der Waals surface area contributed by atoms with Crippen molar-refractivity contribution in [1.82, 2.24) is 20.3 Å². The second-order valence-electron chi connectivity index (χ2n) is 8.68. The minimum atomic E-state index is 0.114. The van der Waals surface area contributed by atoms with Crippen LogP contribution in [0.2, 0.25) is 0 Å². The van der Waals surface area contributed by atoms with E-state index in [0.29, 0.717) is 11.7 Å². The zero-order valence-electron chi connectivity index (χ0n) is 19.5. The van der Waals surface area contributed by atoms with Crippen molar-refractivity contribution >= 4 is 40.1 Å². The molecular formula is C24H31N7O. The standard InChI is InChI=1S/C24H31N7O/c1-15(26-5)18(12-25)16-7-8-19(20(11-16)32-6)30-23-28-13-17-9-10-27-22(21(17)31-23)29-14-24(2,3)4/h7-13,25-26H,14H2,1-6H3,(H,27,29)(H,28,30,31)/b18-15+,25-12?. The number of hydrogen-bond donors (Lipinski definition) is 4. The van der Waals surface area contributed by atoms with Crippen molar-refractivity contribution in [2.75, 3.05) is 31.3 Å². The number of hydrogen-bond acceptors (Lipinski definition) is 8. The Balaban J connectivity index is 1.94. The van der Waals surface area contributed by atoms with Crippen LogP contribution in [-0.4, -0.2) is 41.9 Å². The summed E-state index contributed by atoms with van der Waals surface area (Å²) in [6.45, 7) is 9.21. The molecule has 0 atom stereocenters. The van der Waals surface area contributed by atoms with E-state index >= 15 is 0 Å². The molecular weight excluding hydrogens is 402 g/mol. The lowest BCUT2D eigenvalue weighted by molar-refractivity contribution is 0.416. The average molecular weight is 434 g/mol. The quantitative estimate of drug-likeness (QED) is 0.377. The first-order valence-corrected chi connectivity index (χ1v) is 10.5. The van der Waals surface area contributed by atoms with E-state index in [0.717, 1.165) is 45.8 Å². The van der Waals surface area contributed by atoms with E-state index in [2.05, 4.69) is 46.7 Å². The molecule has 3 aromatic rings. The van der Waals surface area contributed by atoms with Crippen molar-refractivity contribution < 1.29 is 4.74 Å². The molecule has 2 aromatic heterocycles. The van der Waals surface area contributed by atoms with Crippen molar-refractivity contribution in [2.24, 2.45) is 5.41 Å². The van der Waals surface area contributed by atoms with Gasteiger partial charge in [-0.1, -0.05) is 26.8 Å². The number of aromatic nitrogens is 3. The number of ether oxygens (including phenoxy) is 1. The smallest absolute Gasteiger partial charge is 0.227 e. The number of methoxy groups -OCH3 is 1. The Morgan fingerprint density at radius 3 is 2.62 bits per heavy atom. The minimum absolute atomic E-state index is 0.114. The van der Waals surface area contributed by atoms with Gasteiger partial charge in [-0.15, -0.1) is 0 Å². The molecule has 0 unspecified atom stereocenters. The van der Waals surface area contributed by atoms with Gasteiger partial charge in [0.05, 0.1) is 12.8 Å². The lowest BCUT2D eigenvalue weighted by atomic mass is 9.97. The van der Waals surface area contributed by atoms with Gasteiger partial charge in [-0.25, -0.2) is 15.0 Å². The molecule has 0 aliphatic rings. The summed E-state index contributed by atoms with van der Waals surface area (Å²) in [5.41, 5.74) is 4.18. The van der Waals surface area contributed by atoms with E-state index in [1.807, 2.05) is 38.2 Å². The van der Waals surface area contributed by atoms with Gasteiger partial charge in [0.1, 0.15) is 11.3 Å². The summed E-state index contributed by atoms with van der Waals surface area (Å²) < 4.78 is 5.59. The summed E-state index contributed by atoms with van der Waals surface area (Å²) in [7, 11) is 3.45. The van der Waals surface area contributed by atoms with E-state index in [1.54, 1.807) is 19.5 Å². The SMILES string of the molecule is CN/C(C)=C(\C=N)c1ccc(Nc2ncc3ccnc(NCC(C)(C)C)c3n2)c(OC)c1. The van der Waals surface area contributed by atoms with Crippen molar-refractivity contribution in [3.8, 4) is 5.75 Å². The summed E-state index contributed by atoms with van der Waals surface area (Å²) in [6, 6.07) is 7.62. The molecule has 0 spiro atoms. The second kappa shape index (κ2) is 9.64. The highest BCUT2D eigenvalue weighted by Gasteiger charge is 2.14. The van der Waals surface area contributed by atoms with Gasteiger partial charge in [-0.05, 0) is 36.1 Å². The summed E-state index contributed by atoms with van der Waals surface area (Å²) >= 11 is 0. The van der Waals surface area contributed by atoms with Crippen LogP contribution in [0.15, 0.2) is 42.4 Å². The van der Waals surface area contributed by atoms with Gasteiger partial charge in [0, 0.05) is 48.9 Å². The van der Waals surface area contributed by atoms with Crippen LogP contribution in [0.4, 0.5) is 17.5 Å². The highest BCUT2D eigenvalue weighted by Crippen LogP contribution is 2.31. The molecule has 0 saturated heterocycles. The number of pyridine rings is 1. The third-order valence-electron chi connectivity index (χ3n) is 4.97. The third-order valence-corrected chi connectivity index (χ3v) is 4.97. The monoisotopic (exact) mass is 433 g/mol. The lowest BCUT2D eigenvalue weighted by Crippen LogP contribution is -2.19. The van der Waals surface area contributed by atoms with Crippen LogP contribution in [0.5, 0.6) is 5.75 Å². The summed E-state index contributed by atoms with van der Waals surface area (Å²) in [5, 5.41) is 18.4. The number of nitrogens with one attached hydrogen (secondary N) is 4. The van der Waals surface area contributed by atoms with Crippen LogP contribution in [-0.2, 0) is 0 Å². The number of nitrogens with zero attached hydrogens (tertiary/aromatic N) is 3. The van der Waals surface area contributed by atoms with Gasteiger partial charge in [-0.3, -0.25) is 0 Å². The number of anilines is 3. The van der Waals surface area contributed by atoms with Crippen LogP contribution in [0, 0.1) is 10.8 Å². The molecule has 0 aliphatic heterocycles. The molecule has 4 N–H and O–H groups in total. The highest BCUT2D eigenvalue weighted by atomic mass is 16.5. The Morgan fingerprint density at radius 1 is 1.19 bits per heavy atom. The largest absolute Gasteiger partial charge is 0.495 e. The molecule has 0 aliphatic carbocycles. The Labute approximate surface area is 189 Å². The average Bonchev–Trinajstić information content (AvgIpc) is 2.78. The van der Waals surface area contributed by atoms with Crippen molar-refractivity contribution in [1.29, 1.82) is 5.41 Å². The summed E-state index contributed by atoms with van der Waals surface area (Å²) in [4.78, 5) is 13.6. The summed E-state index contributed by atoms with van der Waals surface area (Å²) in [5.74, 6) is 1.81. The predicted molar refractivity (Wildman–Crippen MR) is 132 cm³/mol. The zero-order valence-corrected chi connectivity index (χ0v) is 19.5. The topological polar surface area (TPSA) is 108 Å². The maximum Gasteiger partial charge on any atom is 0.227 e. The van der Waals surface area contributed by atoms with Gasteiger partial charge in [-0.2, -0.15) is 0 Å². The molecule has 0 bridgehead atoms. The fraction of sp³-hybridized carbons (Fsp3) is 0.333. The molecule has 32 heavy (non-hydrogen) atoms. The van der Waals surface area contributed by atoms with E-state index in [9.17, 15) is 0 Å². The molecule has 168 valence electrons. The van der Waals surface area contributed by atoms with Crippen molar-refractivity contribution in [3.05, 3.63) is 47.9 Å². The molecule has 2 heterocycles. The molecule has 1 aromatic carbocycles. The first-order chi connectivity index (χ1) is 15.3. The third kappa shape index (κ3) is 5.32. The zero-order chi connectivity index (χ0) is 23.3. The maximum atomic E-state index is 7.75. The minimum Gasteiger partial charge on any atom is -0.495 e. The number of fused-ring (bicyclic) bond motifs is 1. The van der Waals surface area contributed by atoms with Gasteiger partial charge in [0.15, 0.2) is 5.82 Å². The van der Waals surface area contributed by atoms with Gasteiger partial charge in [0.2, 0.25) is 5.95 Å². The Hall–Kier alpha value is -3.68. The van der Waals surface area contributed by atoms with Crippen LogP contribution in [0.3, 0.4) is 0 Å². The molecule has 0 fully saturated rings. The summed E-state index contributed by atoms with van der Waals surface area (Å²) in [6.07, 6.45) is 4.87. The fourth-order valence-electron chi connectivity index (χ4n) is 3.12. The first-order valence-electron chi connectivity index (χ1n) is 10.5. The first kappa shape index (κ1) is 23.0. The molecule has 0 amide bonds. The normalized spacial score (nSPS) is 12.2. The van der Waals surface area contributed by atoms with Crippen LogP contribution in [0.25, 0.3) is 16.5 Å². The van der Waals surface area contributed by atoms with E-state index in [-0.39, 0.29) is 5.41 Å². The van der Waals surface area contributed by atoms with Crippen LogP contribution < -0.4 is 20.7 Å². The van der Waals surface area contributed by atoms with Gasteiger partial charge in [0.25, 0.3) is 0 Å². The van der Waals surface area contributed by atoms with Crippen molar-refractivity contribution in [3.63, 3.8) is 0 Å². The molecule has 0 radical (unpaired) electrons. The van der Waals surface area contributed by atoms with E-state index in [1.165, 1.54) is 6.21 Å². The van der Waals surface area contributed by atoms with Crippen LogP contribution >= 0.6 is 0 Å². The number of allylic oxidation sites excluding steroid dienone is 2. The Morgan fingerprint density at radius 2 is 1.97 bits per heavy atom. The maximum absolute atomic E-state index is 7.75. The van der Waals surface area contributed by atoms with Gasteiger partial charge < -0.3 is 26.1 Å². The second-order valence-corrected chi connectivity index (χ2v) is 8.68. The fourth-order valence-corrected chi connectivity index (χ4v) is 3.12. The molecule has 0 saturated carbocycles. The van der Waals surface area contributed by atoms with E-state index < -0.39 is 0 Å². The number of rotatable bonds is 8. The van der Waals surface area contributed by atoms with Crippen molar-refractivity contribution in [2.45, 2.75) is 27.7 Å². The Kier molecular flexibility index (Phi) is 6.92. The Bertz CT molecular complexity index is 1150. The van der Waals surface area contributed by atoms with Crippen LogP contribution in [0.1, 0.15) is 33.3 Å². The van der Waals surface area contributed by atoms with Gasteiger partial charge >= 0.3 is 0 Å². The highest BCUT2D eigenvalue weighted by molar-refractivity contribution is 6.09. The predicted octanol–water partition coefficient (Wildman–Crippen LogP) is 4.83. The van der Waals surface area contributed by atoms with E-state index in [4.69, 9.17) is 15.1 Å².